The van der Waals surface area contributed by atoms with Gasteiger partial charge in [0.25, 0.3) is 5.91 Å². The van der Waals surface area contributed by atoms with Crippen LogP contribution in [-0.4, -0.2) is 49.0 Å². The molecular weight excluding hydrogens is 356 g/mol. The Labute approximate surface area is 163 Å². The molecule has 0 N–H and O–H groups in total. The molecule has 1 saturated heterocycles. The molecule has 0 spiro atoms. The highest BCUT2D eigenvalue weighted by Gasteiger charge is 2.28. The van der Waals surface area contributed by atoms with Gasteiger partial charge in [0.15, 0.2) is 0 Å². The van der Waals surface area contributed by atoms with E-state index in [0.29, 0.717) is 18.2 Å². The number of rotatable bonds is 4. The number of aromatic nitrogens is 5. The maximum Gasteiger partial charge on any atom is 0.274 e. The Morgan fingerprint density at radius 1 is 1.11 bits per heavy atom. The highest BCUT2D eigenvalue weighted by molar-refractivity contribution is 5.92. The van der Waals surface area contributed by atoms with Gasteiger partial charge in [0.1, 0.15) is 11.5 Å². The quantitative estimate of drug-likeness (QED) is 0.688. The maximum atomic E-state index is 12.6. The Hall–Kier alpha value is -3.16. The minimum absolute atomic E-state index is 0.0603. The van der Waals surface area contributed by atoms with Gasteiger partial charge in [-0.1, -0.05) is 5.16 Å². The predicted molar refractivity (Wildman–Crippen MR) is 101 cm³/mol. The van der Waals surface area contributed by atoms with E-state index in [4.69, 9.17) is 4.52 Å². The molecule has 0 bridgehead atoms. The van der Waals surface area contributed by atoms with Gasteiger partial charge in [0.05, 0.1) is 40.7 Å². The van der Waals surface area contributed by atoms with Crippen LogP contribution in [0.2, 0.25) is 0 Å². The Bertz CT molecular complexity index is 961. The van der Waals surface area contributed by atoms with Gasteiger partial charge < -0.3 is 9.42 Å². The normalized spacial score (nSPS) is 16.5. The molecule has 0 unspecified atom stereocenters. The Kier molecular flexibility index (Phi) is 4.85. The predicted octanol–water partition coefficient (Wildman–Crippen LogP) is 2.55. The summed E-state index contributed by atoms with van der Waals surface area (Å²) < 4.78 is 5.20. The van der Waals surface area contributed by atoms with Crippen molar-refractivity contribution < 1.29 is 9.32 Å². The van der Waals surface area contributed by atoms with E-state index in [1.54, 1.807) is 24.8 Å². The van der Waals surface area contributed by atoms with Crippen molar-refractivity contribution in [2.45, 2.75) is 33.6 Å². The molecule has 1 atom stereocenters. The average Bonchev–Trinajstić information content (AvgIpc) is 3.29. The minimum Gasteiger partial charge on any atom is -0.361 e. The first-order valence-electron chi connectivity index (χ1n) is 9.33. The van der Waals surface area contributed by atoms with Gasteiger partial charge in [-0.3, -0.25) is 19.7 Å². The van der Waals surface area contributed by atoms with E-state index >= 15 is 0 Å². The molecule has 8 heteroatoms. The average molecular weight is 378 g/mol. The van der Waals surface area contributed by atoms with Gasteiger partial charge in [-0.25, -0.2) is 4.98 Å². The van der Waals surface area contributed by atoms with Crippen molar-refractivity contribution >= 4 is 5.91 Å². The summed E-state index contributed by atoms with van der Waals surface area (Å²) in [6, 6.07) is 0. The number of nitrogens with zero attached hydrogens (tertiary/aromatic N) is 6. The van der Waals surface area contributed by atoms with Crippen LogP contribution in [0.5, 0.6) is 0 Å². The van der Waals surface area contributed by atoms with Gasteiger partial charge in [-0.2, -0.15) is 0 Å². The third-order valence-electron chi connectivity index (χ3n) is 5.07. The first kappa shape index (κ1) is 18.2. The van der Waals surface area contributed by atoms with Crippen molar-refractivity contribution in [2.24, 2.45) is 5.92 Å². The van der Waals surface area contributed by atoms with Crippen molar-refractivity contribution in [3.8, 4) is 11.3 Å². The molecule has 1 fully saturated rings. The van der Waals surface area contributed by atoms with Crippen molar-refractivity contribution in [1.29, 1.82) is 0 Å². The lowest BCUT2D eigenvalue weighted by molar-refractivity contribution is 0.0780. The smallest absolute Gasteiger partial charge is 0.274 e. The molecular formula is C20H22N6O2. The van der Waals surface area contributed by atoms with Crippen LogP contribution >= 0.6 is 0 Å². The van der Waals surface area contributed by atoms with Crippen molar-refractivity contribution in [3.05, 3.63) is 53.3 Å². The molecule has 28 heavy (non-hydrogen) atoms. The van der Waals surface area contributed by atoms with Crippen LogP contribution < -0.4 is 0 Å². The highest BCUT2D eigenvalue weighted by Crippen LogP contribution is 2.25. The molecule has 0 aliphatic carbocycles. The fraction of sp³-hybridized carbons (Fsp3) is 0.400. The van der Waals surface area contributed by atoms with Gasteiger partial charge in [-0.15, -0.1) is 0 Å². The van der Waals surface area contributed by atoms with E-state index in [1.165, 1.54) is 0 Å². The van der Waals surface area contributed by atoms with E-state index in [9.17, 15) is 4.79 Å². The molecule has 1 amide bonds. The Morgan fingerprint density at radius 3 is 2.61 bits per heavy atom. The van der Waals surface area contributed by atoms with Crippen LogP contribution in [0.3, 0.4) is 0 Å². The number of aryl methyl sites for hydroxylation is 3. The maximum absolute atomic E-state index is 12.6. The van der Waals surface area contributed by atoms with Crippen LogP contribution in [-0.2, 0) is 6.42 Å². The zero-order valence-corrected chi connectivity index (χ0v) is 16.2. The number of hydrogen-bond acceptors (Lipinski definition) is 7. The molecule has 1 aliphatic rings. The number of carbonyl (C=O) groups excluding carboxylic acids is 1. The van der Waals surface area contributed by atoms with Crippen LogP contribution in [0.15, 0.2) is 29.3 Å². The fourth-order valence-electron chi connectivity index (χ4n) is 3.58. The summed E-state index contributed by atoms with van der Waals surface area (Å²) in [5.74, 6) is 1.04. The standard InChI is InChI=1S/C20H22N6O2/c1-12-7-23-18(10-21-12)20(27)26-5-4-15(11-26)6-16-8-24-17(9-22-16)19-13(2)25-28-14(19)3/h7-10,15H,4-6,11H2,1-3H3/t15-/m1/s1. The third kappa shape index (κ3) is 3.62. The lowest BCUT2D eigenvalue weighted by Crippen LogP contribution is -2.29. The second kappa shape index (κ2) is 7.46. The van der Waals surface area contributed by atoms with Gasteiger partial charge in [-0.05, 0) is 39.5 Å². The largest absolute Gasteiger partial charge is 0.361 e. The van der Waals surface area contributed by atoms with Gasteiger partial charge in [0, 0.05) is 25.5 Å². The molecule has 1 aliphatic heterocycles. The monoisotopic (exact) mass is 378 g/mol. The van der Waals surface area contributed by atoms with Gasteiger partial charge in [0.2, 0.25) is 0 Å². The van der Waals surface area contributed by atoms with Crippen LogP contribution in [0.25, 0.3) is 11.3 Å². The number of likely N-dealkylation sites (tertiary alicyclic amines) is 1. The second-order valence-electron chi connectivity index (χ2n) is 7.25. The summed E-state index contributed by atoms with van der Waals surface area (Å²) >= 11 is 0. The van der Waals surface area contributed by atoms with Crippen LogP contribution in [0, 0.1) is 26.7 Å². The molecule has 144 valence electrons. The molecule has 4 heterocycles. The lowest BCUT2D eigenvalue weighted by atomic mass is 10.0. The van der Waals surface area contributed by atoms with Crippen LogP contribution in [0.1, 0.15) is 39.8 Å². The summed E-state index contributed by atoms with van der Waals surface area (Å²) in [4.78, 5) is 31.9. The molecule has 0 radical (unpaired) electrons. The SMILES string of the molecule is Cc1cnc(C(=O)N2CC[C@H](Cc3cnc(-c4c(C)noc4C)cn3)C2)cn1. The molecule has 3 aromatic rings. The summed E-state index contributed by atoms with van der Waals surface area (Å²) in [6.45, 7) is 7.04. The number of amides is 1. The van der Waals surface area contributed by atoms with E-state index in [-0.39, 0.29) is 5.91 Å². The molecule has 4 rings (SSSR count). The van der Waals surface area contributed by atoms with Gasteiger partial charge >= 0.3 is 0 Å². The Balaban J connectivity index is 1.39. The van der Waals surface area contributed by atoms with E-state index < -0.39 is 0 Å². The number of carbonyl (C=O) groups is 1. The highest BCUT2D eigenvalue weighted by atomic mass is 16.5. The van der Waals surface area contributed by atoms with Crippen LogP contribution in [0.4, 0.5) is 0 Å². The molecule has 0 aromatic carbocycles. The second-order valence-corrected chi connectivity index (χ2v) is 7.25. The summed E-state index contributed by atoms with van der Waals surface area (Å²) in [5.41, 5.74) is 4.59. The zero-order valence-electron chi connectivity index (χ0n) is 16.2. The fourth-order valence-corrected chi connectivity index (χ4v) is 3.58. The third-order valence-corrected chi connectivity index (χ3v) is 5.07. The first-order valence-corrected chi connectivity index (χ1v) is 9.33. The van der Waals surface area contributed by atoms with E-state index in [0.717, 1.165) is 53.5 Å². The van der Waals surface area contributed by atoms with Crippen molar-refractivity contribution in [1.82, 2.24) is 30.0 Å². The van der Waals surface area contributed by atoms with Crippen molar-refractivity contribution in [2.75, 3.05) is 13.1 Å². The molecule has 8 nitrogen and oxygen atoms in total. The van der Waals surface area contributed by atoms with E-state index in [1.807, 2.05) is 25.7 Å². The lowest BCUT2D eigenvalue weighted by Gasteiger charge is -2.15. The topological polar surface area (TPSA) is 97.9 Å². The summed E-state index contributed by atoms with van der Waals surface area (Å²) in [6.07, 6.45) is 8.47. The summed E-state index contributed by atoms with van der Waals surface area (Å²) in [5, 5.41) is 3.96. The first-order chi connectivity index (χ1) is 13.5. The Morgan fingerprint density at radius 2 is 1.96 bits per heavy atom. The molecule has 0 saturated carbocycles. The van der Waals surface area contributed by atoms with E-state index in [2.05, 4.69) is 25.1 Å². The van der Waals surface area contributed by atoms with Crippen molar-refractivity contribution in [3.63, 3.8) is 0 Å². The summed E-state index contributed by atoms with van der Waals surface area (Å²) in [7, 11) is 0. The zero-order chi connectivity index (χ0) is 19.7. The number of hydrogen-bond donors (Lipinski definition) is 0. The molecule has 3 aromatic heterocycles. The minimum atomic E-state index is -0.0603.